The Morgan fingerprint density at radius 3 is 2.62 bits per heavy atom. The molecule has 3 rings (SSSR count). The van der Waals surface area contributed by atoms with E-state index in [1.807, 2.05) is 7.05 Å². The van der Waals surface area contributed by atoms with Crippen LogP contribution in [-0.4, -0.2) is 75.7 Å². The fourth-order valence-electron chi connectivity index (χ4n) is 3.33. The van der Waals surface area contributed by atoms with E-state index in [0.717, 1.165) is 64.7 Å². The molecule has 3 atom stereocenters. The summed E-state index contributed by atoms with van der Waals surface area (Å²) in [6.07, 6.45) is 5.33. The summed E-state index contributed by atoms with van der Waals surface area (Å²) < 4.78 is 17.3. The lowest BCUT2D eigenvalue weighted by molar-refractivity contribution is -0.0817. The molecule has 3 fully saturated rings. The summed E-state index contributed by atoms with van der Waals surface area (Å²) in [7, 11) is 1.84. The van der Waals surface area contributed by atoms with Crippen molar-refractivity contribution in [3.63, 3.8) is 0 Å². The first-order valence-electron chi connectivity index (χ1n) is 8.17. The molecule has 1 N–H and O–H groups in total. The molecule has 0 amide bonds. The second-order valence-electron chi connectivity index (χ2n) is 5.97. The summed E-state index contributed by atoms with van der Waals surface area (Å²) in [6, 6.07) is 0. The molecule has 3 aliphatic rings. The van der Waals surface area contributed by atoms with Crippen LogP contribution >= 0.6 is 0 Å². The third-order valence-electron chi connectivity index (χ3n) is 4.50. The number of rotatable bonds is 3. The van der Waals surface area contributed by atoms with Crippen molar-refractivity contribution in [1.82, 2.24) is 10.2 Å². The van der Waals surface area contributed by atoms with Gasteiger partial charge in [-0.2, -0.15) is 0 Å². The highest BCUT2D eigenvalue weighted by atomic mass is 16.5. The third kappa shape index (κ3) is 3.87. The topological polar surface area (TPSA) is 55.3 Å². The first-order valence-corrected chi connectivity index (χ1v) is 8.17. The largest absolute Gasteiger partial charge is 0.376 e. The minimum Gasteiger partial charge on any atom is -0.376 e. The highest BCUT2D eigenvalue weighted by Gasteiger charge is 2.32. The number of hydrogen-bond acceptors (Lipinski definition) is 4. The zero-order chi connectivity index (χ0) is 14.5. The van der Waals surface area contributed by atoms with E-state index >= 15 is 0 Å². The maximum absolute atomic E-state index is 5.89. The number of aliphatic imine (C=N–C) groups is 1. The van der Waals surface area contributed by atoms with Gasteiger partial charge in [0, 0.05) is 39.9 Å². The molecule has 0 aromatic carbocycles. The quantitative estimate of drug-likeness (QED) is 0.611. The molecule has 0 aliphatic carbocycles. The van der Waals surface area contributed by atoms with Crippen molar-refractivity contribution in [2.75, 3.05) is 46.5 Å². The van der Waals surface area contributed by atoms with Gasteiger partial charge in [0.2, 0.25) is 0 Å². The Hall–Kier alpha value is -0.850. The molecule has 0 spiro atoms. The van der Waals surface area contributed by atoms with Crippen LogP contribution in [0.25, 0.3) is 0 Å². The van der Waals surface area contributed by atoms with E-state index in [2.05, 4.69) is 15.2 Å². The van der Waals surface area contributed by atoms with Crippen molar-refractivity contribution in [3.05, 3.63) is 0 Å². The zero-order valence-electron chi connectivity index (χ0n) is 12.9. The summed E-state index contributed by atoms with van der Waals surface area (Å²) in [5.74, 6) is 0.955. The van der Waals surface area contributed by atoms with Gasteiger partial charge in [-0.3, -0.25) is 4.99 Å². The number of guanidine groups is 1. The summed E-state index contributed by atoms with van der Waals surface area (Å²) >= 11 is 0. The normalized spacial score (nSPS) is 34.4. The van der Waals surface area contributed by atoms with Gasteiger partial charge in [0.25, 0.3) is 0 Å². The molecule has 0 aromatic heterocycles. The predicted molar refractivity (Wildman–Crippen MR) is 80.6 cm³/mol. The van der Waals surface area contributed by atoms with E-state index in [9.17, 15) is 0 Å². The third-order valence-corrected chi connectivity index (χ3v) is 4.50. The fraction of sp³-hybridized carbons (Fsp3) is 0.933. The lowest BCUT2D eigenvalue weighted by Gasteiger charge is -2.37. The first-order chi connectivity index (χ1) is 10.4. The molecule has 3 saturated heterocycles. The minimum absolute atomic E-state index is 0.169. The molecule has 3 unspecified atom stereocenters. The van der Waals surface area contributed by atoms with Crippen molar-refractivity contribution in [2.45, 2.75) is 44.0 Å². The smallest absolute Gasteiger partial charge is 0.193 e. The molecule has 0 aromatic rings. The standard InChI is InChI=1S/C15H27N3O3/c1-16-15(17-10-12-4-2-7-19-12)18-6-9-21-14(11-18)13-5-3-8-20-13/h12-14H,2-11H2,1H3,(H,16,17). The Morgan fingerprint density at radius 2 is 1.90 bits per heavy atom. The second kappa shape index (κ2) is 7.42. The molecule has 6 heteroatoms. The van der Waals surface area contributed by atoms with Gasteiger partial charge in [0.1, 0.15) is 6.10 Å². The van der Waals surface area contributed by atoms with E-state index in [0.29, 0.717) is 6.10 Å². The average molecular weight is 297 g/mol. The fourth-order valence-corrected chi connectivity index (χ4v) is 3.33. The summed E-state index contributed by atoms with van der Waals surface area (Å²) in [5, 5.41) is 3.45. The van der Waals surface area contributed by atoms with Crippen LogP contribution in [0.4, 0.5) is 0 Å². The van der Waals surface area contributed by atoms with Crippen LogP contribution in [0.3, 0.4) is 0 Å². The predicted octanol–water partition coefficient (Wildman–Crippen LogP) is 0.621. The molecular weight excluding hydrogens is 270 g/mol. The van der Waals surface area contributed by atoms with Gasteiger partial charge in [-0.25, -0.2) is 0 Å². The Bertz CT molecular complexity index is 352. The van der Waals surface area contributed by atoms with Gasteiger partial charge in [-0.15, -0.1) is 0 Å². The van der Waals surface area contributed by atoms with E-state index in [-0.39, 0.29) is 12.2 Å². The van der Waals surface area contributed by atoms with Crippen LogP contribution in [0, 0.1) is 0 Å². The van der Waals surface area contributed by atoms with Crippen LogP contribution in [-0.2, 0) is 14.2 Å². The number of nitrogens with one attached hydrogen (secondary N) is 1. The van der Waals surface area contributed by atoms with Crippen molar-refractivity contribution in [2.24, 2.45) is 4.99 Å². The van der Waals surface area contributed by atoms with Gasteiger partial charge in [0.05, 0.1) is 18.8 Å². The lowest BCUT2D eigenvalue weighted by atomic mass is 10.1. The van der Waals surface area contributed by atoms with Gasteiger partial charge in [0.15, 0.2) is 5.96 Å². The highest BCUT2D eigenvalue weighted by molar-refractivity contribution is 5.80. The minimum atomic E-state index is 0.169. The van der Waals surface area contributed by atoms with E-state index in [1.54, 1.807) is 0 Å². The highest BCUT2D eigenvalue weighted by Crippen LogP contribution is 2.21. The maximum Gasteiger partial charge on any atom is 0.193 e. The molecule has 0 radical (unpaired) electrons. The molecule has 21 heavy (non-hydrogen) atoms. The summed E-state index contributed by atoms with van der Waals surface area (Å²) in [4.78, 5) is 6.70. The van der Waals surface area contributed by atoms with Crippen LogP contribution in [0.2, 0.25) is 0 Å². The monoisotopic (exact) mass is 297 g/mol. The molecule has 120 valence electrons. The van der Waals surface area contributed by atoms with Gasteiger partial charge in [-0.1, -0.05) is 0 Å². The van der Waals surface area contributed by atoms with Crippen LogP contribution in [0.5, 0.6) is 0 Å². The summed E-state index contributed by atoms with van der Waals surface area (Å²) in [6.45, 7) is 5.09. The lowest BCUT2D eigenvalue weighted by Crippen LogP contribution is -2.54. The number of ether oxygens (including phenoxy) is 3. The second-order valence-corrected chi connectivity index (χ2v) is 5.97. The molecule has 3 heterocycles. The molecule has 6 nitrogen and oxygen atoms in total. The number of hydrogen-bond donors (Lipinski definition) is 1. The van der Waals surface area contributed by atoms with Gasteiger partial charge >= 0.3 is 0 Å². The van der Waals surface area contributed by atoms with Crippen LogP contribution < -0.4 is 5.32 Å². The zero-order valence-corrected chi connectivity index (χ0v) is 12.9. The maximum atomic E-state index is 5.89. The molecule has 0 bridgehead atoms. The Labute approximate surface area is 126 Å². The van der Waals surface area contributed by atoms with Crippen molar-refractivity contribution < 1.29 is 14.2 Å². The molecular formula is C15H27N3O3. The van der Waals surface area contributed by atoms with Crippen molar-refractivity contribution in [3.8, 4) is 0 Å². The molecule has 0 saturated carbocycles. The summed E-state index contributed by atoms with van der Waals surface area (Å²) in [5.41, 5.74) is 0. The van der Waals surface area contributed by atoms with Crippen molar-refractivity contribution >= 4 is 5.96 Å². The van der Waals surface area contributed by atoms with Crippen molar-refractivity contribution in [1.29, 1.82) is 0 Å². The number of morpholine rings is 1. The van der Waals surface area contributed by atoms with Gasteiger partial charge < -0.3 is 24.4 Å². The van der Waals surface area contributed by atoms with Gasteiger partial charge in [-0.05, 0) is 25.7 Å². The molecule has 3 aliphatic heterocycles. The van der Waals surface area contributed by atoms with Crippen LogP contribution in [0.1, 0.15) is 25.7 Å². The Morgan fingerprint density at radius 1 is 1.10 bits per heavy atom. The van der Waals surface area contributed by atoms with Crippen LogP contribution in [0.15, 0.2) is 4.99 Å². The Kier molecular flexibility index (Phi) is 5.32. The Balaban J connectivity index is 1.50. The van der Waals surface area contributed by atoms with E-state index in [1.165, 1.54) is 6.42 Å². The SMILES string of the molecule is CN=C(NCC1CCCO1)N1CCOC(C2CCCO2)C1. The average Bonchev–Trinajstić information content (AvgIpc) is 3.22. The number of nitrogens with zero attached hydrogens (tertiary/aromatic N) is 2. The van der Waals surface area contributed by atoms with E-state index < -0.39 is 0 Å². The van der Waals surface area contributed by atoms with E-state index in [4.69, 9.17) is 14.2 Å². The first kappa shape index (κ1) is 15.1.